The van der Waals surface area contributed by atoms with Gasteiger partial charge in [0, 0.05) is 11.9 Å². The third kappa shape index (κ3) is 3.20. The van der Waals surface area contributed by atoms with E-state index in [9.17, 15) is 4.79 Å². The van der Waals surface area contributed by atoms with E-state index in [0.717, 1.165) is 5.69 Å². The molecule has 0 saturated carbocycles. The van der Waals surface area contributed by atoms with Crippen molar-refractivity contribution in [1.29, 1.82) is 5.26 Å². The average molecular weight is 283 g/mol. The van der Waals surface area contributed by atoms with Crippen molar-refractivity contribution >= 4 is 17.4 Å². The van der Waals surface area contributed by atoms with Crippen LogP contribution in [-0.4, -0.2) is 15.7 Å². The quantitative estimate of drug-likeness (QED) is 0.880. The number of nitrogens with two attached hydrogens (primary N) is 1. The number of anilines is 2. The zero-order chi connectivity index (χ0) is 15.5. The Kier molecular flexibility index (Phi) is 3.94. The van der Waals surface area contributed by atoms with Crippen LogP contribution in [0.1, 0.15) is 30.6 Å². The van der Waals surface area contributed by atoms with E-state index in [0.29, 0.717) is 11.4 Å². The van der Waals surface area contributed by atoms with Gasteiger partial charge < -0.3 is 11.1 Å². The molecule has 1 aromatic carbocycles. The number of carbonyl (C=O) groups is 1. The molecule has 0 fully saturated rings. The molecule has 6 nitrogen and oxygen atoms in total. The zero-order valence-corrected chi connectivity index (χ0v) is 12.0. The largest absolute Gasteiger partial charge is 0.365 e. The molecule has 0 aliphatic rings. The van der Waals surface area contributed by atoms with Crippen LogP contribution >= 0.6 is 0 Å². The summed E-state index contributed by atoms with van der Waals surface area (Å²) in [6.07, 6.45) is 1.85. The fourth-order valence-corrected chi connectivity index (χ4v) is 1.89. The van der Waals surface area contributed by atoms with Crippen LogP contribution in [0.2, 0.25) is 0 Å². The van der Waals surface area contributed by atoms with E-state index in [4.69, 9.17) is 11.0 Å². The smallest absolute Gasteiger partial charge is 0.254 e. The van der Waals surface area contributed by atoms with Crippen LogP contribution in [0.4, 0.5) is 11.5 Å². The van der Waals surface area contributed by atoms with Crippen LogP contribution in [0, 0.1) is 11.3 Å². The van der Waals surface area contributed by atoms with Crippen molar-refractivity contribution in [2.24, 2.45) is 5.73 Å². The van der Waals surface area contributed by atoms with Gasteiger partial charge >= 0.3 is 0 Å². The number of para-hydroxylation sites is 1. The van der Waals surface area contributed by atoms with E-state index in [1.165, 1.54) is 0 Å². The Labute approximate surface area is 123 Å². The Balaban J connectivity index is 2.39. The summed E-state index contributed by atoms with van der Waals surface area (Å²) in [5.41, 5.74) is 5.99. The number of aromatic nitrogens is 2. The van der Waals surface area contributed by atoms with Crippen molar-refractivity contribution in [3.8, 4) is 6.07 Å². The van der Waals surface area contributed by atoms with Gasteiger partial charge in [0.05, 0.1) is 18.0 Å². The van der Waals surface area contributed by atoms with Crippen molar-refractivity contribution < 1.29 is 4.79 Å². The summed E-state index contributed by atoms with van der Waals surface area (Å²) in [5.74, 6) is -0.174. The fourth-order valence-electron chi connectivity index (χ4n) is 1.89. The summed E-state index contributed by atoms with van der Waals surface area (Å²) in [6.45, 7) is 3.75. The van der Waals surface area contributed by atoms with E-state index in [1.54, 1.807) is 10.9 Å². The molecule has 0 atom stereocenters. The van der Waals surface area contributed by atoms with Gasteiger partial charge in [0.25, 0.3) is 5.91 Å². The summed E-state index contributed by atoms with van der Waals surface area (Å²) < 4.78 is 1.60. The van der Waals surface area contributed by atoms with Gasteiger partial charge in [0.1, 0.15) is 5.56 Å². The molecule has 0 radical (unpaired) electrons. The monoisotopic (exact) mass is 283 g/mol. The highest BCUT2D eigenvalue weighted by Crippen LogP contribution is 2.24. The molecular weight excluding hydrogens is 266 g/mol. The lowest BCUT2D eigenvalue weighted by molar-refractivity contribution is 0.100. The first-order valence-electron chi connectivity index (χ1n) is 6.53. The fraction of sp³-hybridized carbons (Fsp3) is 0.267. The Morgan fingerprint density at radius 2 is 2.10 bits per heavy atom. The van der Waals surface area contributed by atoms with E-state index in [-0.39, 0.29) is 6.42 Å². The Hall–Kier alpha value is -2.81. The minimum atomic E-state index is -0.563. The maximum Gasteiger partial charge on any atom is 0.254 e. The average Bonchev–Trinajstić information content (AvgIpc) is 2.85. The SMILES string of the molecule is CC(C)(CC#N)n1cc(C(N)=O)c(Nc2ccccc2)n1. The second kappa shape index (κ2) is 5.67. The summed E-state index contributed by atoms with van der Waals surface area (Å²) in [6, 6.07) is 11.5. The lowest BCUT2D eigenvalue weighted by Gasteiger charge is -2.21. The van der Waals surface area contributed by atoms with Gasteiger partial charge in [-0.3, -0.25) is 9.48 Å². The molecule has 3 N–H and O–H groups in total. The molecule has 0 aliphatic carbocycles. The molecule has 2 rings (SSSR count). The lowest BCUT2D eigenvalue weighted by Crippen LogP contribution is -2.26. The molecule has 2 aromatic rings. The summed E-state index contributed by atoms with van der Waals surface area (Å²) in [4.78, 5) is 11.6. The minimum absolute atomic E-state index is 0.275. The number of nitriles is 1. The minimum Gasteiger partial charge on any atom is -0.365 e. The molecule has 0 bridgehead atoms. The number of primary amides is 1. The summed E-state index contributed by atoms with van der Waals surface area (Å²) in [5, 5.41) is 16.3. The normalized spacial score (nSPS) is 10.9. The van der Waals surface area contributed by atoms with E-state index >= 15 is 0 Å². The molecule has 1 aromatic heterocycles. The summed E-state index contributed by atoms with van der Waals surface area (Å²) in [7, 11) is 0. The molecule has 0 saturated heterocycles. The van der Waals surface area contributed by atoms with Gasteiger partial charge in [-0.2, -0.15) is 10.4 Å². The predicted octanol–water partition coefficient (Wildman–Crippen LogP) is 2.37. The number of carbonyl (C=O) groups excluding carboxylic acids is 1. The van der Waals surface area contributed by atoms with Gasteiger partial charge in [0.2, 0.25) is 0 Å². The third-order valence-corrected chi connectivity index (χ3v) is 3.15. The van der Waals surface area contributed by atoms with E-state index < -0.39 is 11.4 Å². The Morgan fingerprint density at radius 3 is 2.67 bits per heavy atom. The van der Waals surface area contributed by atoms with Gasteiger partial charge in [-0.1, -0.05) is 18.2 Å². The molecular formula is C15H17N5O. The molecule has 1 heterocycles. The molecule has 108 valence electrons. The molecule has 1 amide bonds. The standard InChI is InChI=1S/C15H17N5O/c1-15(2,8-9-16)20-10-12(13(17)21)14(19-20)18-11-6-4-3-5-7-11/h3-7,10H,8H2,1-2H3,(H2,17,21)(H,18,19). The van der Waals surface area contributed by atoms with Crippen molar-refractivity contribution in [1.82, 2.24) is 9.78 Å². The van der Waals surface area contributed by atoms with Crippen LogP contribution in [0.3, 0.4) is 0 Å². The second-order valence-corrected chi connectivity index (χ2v) is 5.34. The van der Waals surface area contributed by atoms with Crippen LogP contribution in [-0.2, 0) is 5.54 Å². The number of nitrogens with one attached hydrogen (secondary N) is 1. The topological polar surface area (TPSA) is 96.7 Å². The van der Waals surface area contributed by atoms with Gasteiger partial charge in [-0.05, 0) is 26.0 Å². The zero-order valence-electron chi connectivity index (χ0n) is 12.0. The van der Waals surface area contributed by atoms with Crippen molar-refractivity contribution in [2.75, 3.05) is 5.32 Å². The first-order chi connectivity index (χ1) is 9.94. The number of rotatable bonds is 5. The van der Waals surface area contributed by atoms with Crippen LogP contribution in [0.25, 0.3) is 0 Å². The van der Waals surface area contributed by atoms with Gasteiger partial charge in [-0.15, -0.1) is 0 Å². The maximum absolute atomic E-state index is 11.6. The van der Waals surface area contributed by atoms with Crippen LogP contribution in [0.5, 0.6) is 0 Å². The number of hydrogen-bond donors (Lipinski definition) is 2. The lowest BCUT2D eigenvalue weighted by atomic mass is 10.0. The van der Waals surface area contributed by atoms with E-state index in [1.807, 2.05) is 44.2 Å². The van der Waals surface area contributed by atoms with Crippen molar-refractivity contribution in [3.05, 3.63) is 42.1 Å². The predicted molar refractivity (Wildman–Crippen MR) is 80.0 cm³/mol. The number of hydrogen-bond acceptors (Lipinski definition) is 4. The van der Waals surface area contributed by atoms with Gasteiger partial charge in [-0.25, -0.2) is 0 Å². The third-order valence-electron chi connectivity index (χ3n) is 3.15. The molecule has 6 heteroatoms. The van der Waals surface area contributed by atoms with Crippen LogP contribution in [0.15, 0.2) is 36.5 Å². The highest BCUT2D eigenvalue weighted by Gasteiger charge is 2.24. The summed E-state index contributed by atoms with van der Waals surface area (Å²) >= 11 is 0. The highest BCUT2D eigenvalue weighted by atomic mass is 16.1. The highest BCUT2D eigenvalue weighted by molar-refractivity contribution is 5.98. The number of benzene rings is 1. The molecule has 0 aliphatic heterocycles. The van der Waals surface area contributed by atoms with Crippen LogP contribution < -0.4 is 11.1 Å². The first-order valence-corrected chi connectivity index (χ1v) is 6.53. The van der Waals surface area contributed by atoms with Gasteiger partial charge in [0.15, 0.2) is 5.82 Å². The number of amides is 1. The second-order valence-electron chi connectivity index (χ2n) is 5.34. The number of nitrogens with zero attached hydrogens (tertiary/aromatic N) is 3. The molecule has 0 unspecified atom stereocenters. The Morgan fingerprint density at radius 1 is 1.43 bits per heavy atom. The Bertz CT molecular complexity index is 682. The molecule has 21 heavy (non-hydrogen) atoms. The molecule has 0 spiro atoms. The van der Waals surface area contributed by atoms with Crippen molar-refractivity contribution in [3.63, 3.8) is 0 Å². The van der Waals surface area contributed by atoms with E-state index in [2.05, 4.69) is 16.5 Å². The van der Waals surface area contributed by atoms with Crippen molar-refractivity contribution in [2.45, 2.75) is 25.8 Å². The maximum atomic E-state index is 11.6. The first kappa shape index (κ1) is 14.6.